The number of hydrogen-bond donors (Lipinski definition) is 2. The number of nitrogens with one attached hydrogen (secondary N) is 2. The highest BCUT2D eigenvalue weighted by molar-refractivity contribution is 7.88. The molecule has 0 saturated carbocycles. The van der Waals surface area contributed by atoms with E-state index in [1.807, 2.05) is 6.07 Å². The lowest BCUT2D eigenvalue weighted by Crippen LogP contribution is -2.26. The van der Waals surface area contributed by atoms with Crippen molar-refractivity contribution < 1.29 is 12.8 Å². The number of nitriles is 1. The summed E-state index contributed by atoms with van der Waals surface area (Å²) in [4.78, 5) is 8.06. The summed E-state index contributed by atoms with van der Waals surface area (Å²) in [5, 5.41) is 11.8. The van der Waals surface area contributed by atoms with Crippen LogP contribution in [0, 0.1) is 17.1 Å². The average Bonchev–Trinajstić information content (AvgIpc) is 2.54. The van der Waals surface area contributed by atoms with Gasteiger partial charge < -0.3 is 5.32 Å². The van der Waals surface area contributed by atoms with Crippen LogP contribution in [-0.4, -0.2) is 31.2 Å². The van der Waals surface area contributed by atoms with Crippen LogP contribution in [0.5, 0.6) is 0 Å². The molecular weight excluding hydrogens is 333 g/mol. The second-order valence-electron chi connectivity index (χ2n) is 5.11. The van der Waals surface area contributed by atoms with Gasteiger partial charge in [-0.25, -0.2) is 27.5 Å². The van der Waals surface area contributed by atoms with Crippen LogP contribution in [0.15, 0.2) is 36.7 Å². The third kappa shape index (κ3) is 5.57. The molecule has 1 heterocycles. The highest BCUT2D eigenvalue weighted by atomic mass is 32.2. The number of benzene rings is 1. The first-order chi connectivity index (χ1) is 11.4. The molecule has 0 saturated heterocycles. The standard InChI is InChI=1S/C15H16FN5O2S/c1-24(22,23)20-7-6-14(12-2-4-13(16)5-3-12)21-15-18-9-11(8-17)10-19-15/h2-5,9-10,14,20H,6-7H2,1H3,(H,18,19,21). The van der Waals surface area contributed by atoms with Gasteiger partial charge in [-0.3, -0.25) is 0 Å². The number of hydrogen-bond acceptors (Lipinski definition) is 6. The molecule has 2 rings (SSSR count). The highest BCUT2D eigenvalue weighted by Gasteiger charge is 2.14. The van der Waals surface area contributed by atoms with E-state index in [4.69, 9.17) is 5.26 Å². The zero-order chi connectivity index (χ0) is 17.6. The SMILES string of the molecule is CS(=O)(=O)NCCC(Nc1ncc(C#N)cn1)c1ccc(F)cc1. The van der Waals surface area contributed by atoms with Gasteiger partial charge in [-0.15, -0.1) is 0 Å². The van der Waals surface area contributed by atoms with Crippen molar-refractivity contribution in [3.8, 4) is 6.07 Å². The second-order valence-corrected chi connectivity index (χ2v) is 6.94. The van der Waals surface area contributed by atoms with Gasteiger partial charge in [0, 0.05) is 6.54 Å². The Morgan fingerprint density at radius 3 is 2.42 bits per heavy atom. The van der Waals surface area contributed by atoms with Crippen molar-refractivity contribution in [3.63, 3.8) is 0 Å². The van der Waals surface area contributed by atoms with E-state index in [-0.39, 0.29) is 18.4 Å². The minimum absolute atomic E-state index is 0.199. The monoisotopic (exact) mass is 349 g/mol. The molecule has 0 spiro atoms. The minimum Gasteiger partial charge on any atom is -0.347 e. The zero-order valence-corrected chi connectivity index (χ0v) is 13.7. The molecule has 0 radical (unpaired) electrons. The quantitative estimate of drug-likeness (QED) is 0.786. The lowest BCUT2D eigenvalue weighted by molar-refractivity contribution is 0.579. The summed E-state index contributed by atoms with van der Waals surface area (Å²) < 4.78 is 37.9. The van der Waals surface area contributed by atoms with E-state index in [0.717, 1.165) is 11.8 Å². The largest absolute Gasteiger partial charge is 0.347 e. The van der Waals surface area contributed by atoms with Gasteiger partial charge in [-0.1, -0.05) is 12.1 Å². The number of rotatable bonds is 7. The highest BCUT2D eigenvalue weighted by Crippen LogP contribution is 2.21. The van der Waals surface area contributed by atoms with Crippen molar-refractivity contribution in [2.75, 3.05) is 18.1 Å². The Morgan fingerprint density at radius 2 is 1.88 bits per heavy atom. The zero-order valence-electron chi connectivity index (χ0n) is 12.9. The van der Waals surface area contributed by atoms with E-state index in [0.29, 0.717) is 17.9 Å². The maximum absolute atomic E-state index is 13.1. The van der Waals surface area contributed by atoms with Crippen molar-refractivity contribution in [1.82, 2.24) is 14.7 Å². The molecule has 0 aliphatic carbocycles. The van der Waals surface area contributed by atoms with Gasteiger partial charge in [-0.2, -0.15) is 5.26 Å². The van der Waals surface area contributed by atoms with Crippen molar-refractivity contribution >= 4 is 16.0 Å². The first-order valence-corrected chi connectivity index (χ1v) is 8.95. The lowest BCUT2D eigenvalue weighted by Gasteiger charge is -2.19. The van der Waals surface area contributed by atoms with Crippen molar-refractivity contribution in [3.05, 3.63) is 53.6 Å². The Morgan fingerprint density at radius 1 is 1.25 bits per heavy atom. The summed E-state index contributed by atoms with van der Waals surface area (Å²) in [7, 11) is -3.30. The third-order valence-electron chi connectivity index (χ3n) is 3.15. The predicted molar refractivity (Wildman–Crippen MR) is 87.0 cm³/mol. The summed E-state index contributed by atoms with van der Waals surface area (Å²) in [5.74, 6) is -0.0657. The van der Waals surface area contributed by atoms with Crippen LogP contribution in [0.3, 0.4) is 0 Å². The Bertz CT molecular complexity index is 816. The fourth-order valence-electron chi connectivity index (χ4n) is 2.02. The van der Waals surface area contributed by atoms with Crippen molar-refractivity contribution in [2.24, 2.45) is 0 Å². The van der Waals surface area contributed by atoms with Crippen LogP contribution in [0.25, 0.3) is 0 Å². The second kappa shape index (κ2) is 7.81. The van der Waals surface area contributed by atoms with Crippen molar-refractivity contribution in [1.29, 1.82) is 5.26 Å². The van der Waals surface area contributed by atoms with Crippen molar-refractivity contribution in [2.45, 2.75) is 12.5 Å². The molecule has 0 amide bonds. The van der Waals surface area contributed by atoms with E-state index < -0.39 is 10.0 Å². The van der Waals surface area contributed by atoms with Gasteiger partial charge in [0.15, 0.2) is 0 Å². The molecule has 9 heteroatoms. The lowest BCUT2D eigenvalue weighted by atomic mass is 10.0. The summed E-state index contributed by atoms with van der Waals surface area (Å²) in [6.45, 7) is 0.199. The smallest absolute Gasteiger partial charge is 0.223 e. The summed E-state index contributed by atoms with van der Waals surface area (Å²) >= 11 is 0. The van der Waals surface area contributed by atoms with Crippen LogP contribution in [0.4, 0.5) is 10.3 Å². The molecule has 0 fully saturated rings. The normalized spacial score (nSPS) is 12.4. The fourth-order valence-corrected chi connectivity index (χ4v) is 2.51. The summed E-state index contributed by atoms with van der Waals surface area (Å²) in [6, 6.07) is 7.47. The fraction of sp³-hybridized carbons (Fsp3) is 0.267. The molecule has 1 aromatic heterocycles. The molecule has 1 unspecified atom stereocenters. The maximum atomic E-state index is 13.1. The number of nitrogens with zero attached hydrogens (tertiary/aromatic N) is 3. The first-order valence-electron chi connectivity index (χ1n) is 7.06. The Hall–Kier alpha value is -2.57. The van der Waals surface area contributed by atoms with E-state index in [2.05, 4.69) is 20.0 Å². The predicted octanol–water partition coefficient (Wildman–Crippen LogP) is 1.58. The van der Waals surface area contributed by atoms with Crippen LogP contribution >= 0.6 is 0 Å². The molecule has 2 N–H and O–H groups in total. The molecular formula is C15H16FN5O2S. The van der Waals surface area contributed by atoms with E-state index >= 15 is 0 Å². The molecule has 0 aliphatic rings. The minimum atomic E-state index is -3.30. The topological polar surface area (TPSA) is 108 Å². The van der Waals surface area contributed by atoms with Gasteiger partial charge in [0.25, 0.3) is 0 Å². The molecule has 1 aromatic carbocycles. The van der Waals surface area contributed by atoms with Crippen LogP contribution in [0.2, 0.25) is 0 Å². The number of anilines is 1. The van der Waals surface area contributed by atoms with Gasteiger partial charge in [-0.05, 0) is 24.1 Å². The van der Waals surface area contributed by atoms with Crippen LogP contribution in [-0.2, 0) is 10.0 Å². The Kier molecular flexibility index (Phi) is 5.78. The molecule has 126 valence electrons. The Labute approximate surface area is 139 Å². The van der Waals surface area contributed by atoms with E-state index in [1.165, 1.54) is 24.5 Å². The van der Waals surface area contributed by atoms with Gasteiger partial charge in [0.05, 0.1) is 30.3 Å². The summed E-state index contributed by atoms with van der Waals surface area (Å²) in [6.07, 6.45) is 4.25. The molecule has 0 bridgehead atoms. The van der Waals surface area contributed by atoms with Crippen LogP contribution < -0.4 is 10.0 Å². The molecule has 2 aromatic rings. The number of sulfonamides is 1. The maximum Gasteiger partial charge on any atom is 0.223 e. The summed E-state index contributed by atoms with van der Waals surface area (Å²) in [5.41, 5.74) is 1.09. The molecule has 24 heavy (non-hydrogen) atoms. The molecule has 0 aliphatic heterocycles. The third-order valence-corrected chi connectivity index (χ3v) is 3.88. The first kappa shape index (κ1) is 17.8. The van der Waals surface area contributed by atoms with E-state index in [1.54, 1.807) is 12.1 Å². The molecule has 7 nitrogen and oxygen atoms in total. The average molecular weight is 349 g/mol. The molecule has 1 atom stereocenters. The van der Waals surface area contributed by atoms with Gasteiger partial charge >= 0.3 is 0 Å². The van der Waals surface area contributed by atoms with Crippen LogP contribution in [0.1, 0.15) is 23.6 Å². The van der Waals surface area contributed by atoms with Gasteiger partial charge in [0.1, 0.15) is 11.9 Å². The van der Waals surface area contributed by atoms with E-state index in [9.17, 15) is 12.8 Å². The number of aromatic nitrogens is 2. The van der Waals surface area contributed by atoms with Gasteiger partial charge in [0.2, 0.25) is 16.0 Å². The Balaban J connectivity index is 2.14. The number of halogens is 1.